The number of aromatic nitrogens is 2. The zero-order valence-electron chi connectivity index (χ0n) is 19.6. The van der Waals surface area contributed by atoms with Crippen LogP contribution < -0.4 is 27.9 Å². The minimum atomic E-state index is -4.94. The first-order valence-electron chi connectivity index (χ1n) is 11.3. The molecule has 0 aliphatic rings. The Morgan fingerprint density at radius 2 is 0.892 bits per heavy atom. The van der Waals surface area contributed by atoms with Crippen molar-refractivity contribution in [2.75, 3.05) is 0 Å². The smallest absolute Gasteiger partial charge is 0.213 e. The Kier molecular flexibility index (Phi) is 8.25. The summed E-state index contributed by atoms with van der Waals surface area (Å²) in [6.07, 6.45) is 3.11. The molecule has 0 saturated carbocycles. The molecule has 7 nitrogen and oxygen atoms in total. The van der Waals surface area contributed by atoms with Gasteiger partial charge in [-0.05, 0) is 35.4 Å². The second-order valence-corrected chi connectivity index (χ2v) is 8.90. The molecule has 2 aromatic heterocycles. The van der Waals surface area contributed by atoms with Crippen molar-refractivity contribution < 1.29 is 38.2 Å². The Balaban J connectivity index is 0.000000586. The molecule has 0 atom stereocenters. The van der Waals surface area contributed by atoms with E-state index in [-0.39, 0.29) is 0 Å². The van der Waals surface area contributed by atoms with Crippen molar-refractivity contribution in [1.82, 2.24) is 0 Å². The predicted octanol–water partition coefficient (Wildman–Crippen LogP) is 0.901. The summed E-state index contributed by atoms with van der Waals surface area (Å²) in [6.45, 7) is 0.657. The lowest BCUT2D eigenvalue weighted by Gasteiger charge is -2.17. The summed E-state index contributed by atoms with van der Waals surface area (Å²) < 4.78 is 37.1. The maximum absolute atomic E-state index is 11.6. The van der Waals surface area contributed by atoms with E-state index in [1.54, 1.807) is 12.4 Å². The van der Waals surface area contributed by atoms with E-state index in [0.29, 0.717) is 6.54 Å². The fraction of sp³-hybridized carbons (Fsp3) is 0.0345. The van der Waals surface area contributed by atoms with Crippen molar-refractivity contribution in [3.05, 3.63) is 138 Å². The Morgan fingerprint density at radius 1 is 0.514 bits per heavy atom. The fourth-order valence-corrected chi connectivity index (χ4v) is 4.02. The molecule has 0 aliphatic carbocycles. The van der Waals surface area contributed by atoms with Gasteiger partial charge in [-0.3, -0.25) is 0 Å². The van der Waals surface area contributed by atoms with E-state index in [2.05, 4.69) is 89.5 Å². The monoisotopic (exact) mass is 514 g/mol. The van der Waals surface area contributed by atoms with E-state index in [4.69, 9.17) is 18.6 Å². The Labute approximate surface area is 216 Å². The van der Waals surface area contributed by atoms with Crippen LogP contribution in [0.3, 0.4) is 0 Å². The zero-order valence-corrected chi connectivity index (χ0v) is 20.4. The van der Waals surface area contributed by atoms with Crippen molar-refractivity contribution in [3.63, 3.8) is 0 Å². The van der Waals surface area contributed by atoms with Crippen molar-refractivity contribution in [2.24, 2.45) is 0 Å². The van der Waals surface area contributed by atoms with E-state index in [0.717, 1.165) is 32.8 Å². The summed E-state index contributed by atoms with van der Waals surface area (Å²) in [4.78, 5) is 0. The van der Waals surface area contributed by atoms with Gasteiger partial charge in [0.1, 0.15) is 0 Å². The van der Waals surface area contributed by atoms with Crippen molar-refractivity contribution >= 4 is 0 Å². The van der Waals surface area contributed by atoms with Crippen LogP contribution in [-0.2, 0) is 6.54 Å². The van der Waals surface area contributed by atoms with Crippen LogP contribution in [0.5, 0.6) is 0 Å². The van der Waals surface area contributed by atoms with Crippen molar-refractivity contribution in [3.8, 4) is 33.6 Å². The summed E-state index contributed by atoms with van der Waals surface area (Å²) in [7, 11) is -4.94. The number of pyridine rings is 2. The lowest BCUT2D eigenvalue weighted by atomic mass is 9.98. The van der Waals surface area contributed by atoms with Gasteiger partial charge in [0.25, 0.3) is 0 Å². The van der Waals surface area contributed by atoms with Gasteiger partial charge in [-0.15, -0.1) is 10.2 Å². The number of halogens is 1. The summed E-state index contributed by atoms with van der Waals surface area (Å²) >= 11 is 0. The van der Waals surface area contributed by atoms with Gasteiger partial charge >= 0.3 is 0 Å². The first-order valence-corrected chi connectivity index (χ1v) is 12.5. The topological polar surface area (TPSA) is 123 Å². The quantitative estimate of drug-likeness (QED) is 0.255. The van der Waals surface area contributed by atoms with E-state index < -0.39 is 10.2 Å². The normalized spacial score (nSPS) is 10.9. The average molecular weight is 515 g/mol. The summed E-state index contributed by atoms with van der Waals surface area (Å²) in [5.41, 5.74) is 7.99. The molecular formula is C29H23ClN2O5. The molecule has 0 spiro atoms. The second-order valence-electron chi connectivity index (χ2n) is 8.14. The molecular weight excluding hydrogens is 492 g/mol. The third-order valence-electron chi connectivity index (χ3n) is 5.62. The summed E-state index contributed by atoms with van der Waals surface area (Å²) in [5.74, 6) is 0. The SMILES string of the molecule is [O-][Cl+3]([O-])([O-])[O-].[O-][n+]1ccc(C[n+]2c(-c3ccccc3)cc(-c3ccccc3)cc2-c2ccccc2)cc1. The highest BCUT2D eigenvalue weighted by molar-refractivity contribution is 5.73. The van der Waals surface area contributed by atoms with Gasteiger partial charge in [0.15, 0.2) is 18.9 Å². The fourth-order valence-electron chi connectivity index (χ4n) is 4.02. The van der Waals surface area contributed by atoms with Gasteiger partial charge < -0.3 is 5.21 Å². The number of hydrogen-bond donors (Lipinski definition) is 0. The number of nitrogens with zero attached hydrogens (tertiary/aromatic N) is 2. The maximum atomic E-state index is 11.6. The average Bonchev–Trinajstić information content (AvgIpc) is 2.90. The molecule has 0 amide bonds. The van der Waals surface area contributed by atoms with E-state index in [1.165, 1.54) is 11.1 Å². The number of benzene rings is 3. The third-order valence-corrected chi connectivity index (χ3v) is 5.62. The summed E-state index contributed by atoms with van der Waals surface area (Å²) in [6, 6.07) is 39.7. The third kappa shape index (κ3) is 7.44. The number of hydrogen-bond acceptors (Lipinski definition) is 5. The molecule has 0 bridgehead atoms. The second kappa shape index (κ2) is 11.7. The van der Waals surface area contributed by atoms with E-state index in [1.807, 2.05) is 30.3 Å². The van der Waals surface area contributed by atoms with Crippen LogP contribution in [0.4, 0.5) is 0 Å². The lowest BCUT2D eigenvalue weighted by molar-refractivity contribution is -2.00. The lowest BCUT2D eigenvalue weighted by Crippen LogP contribution is -2.68. The van der Waals surface area contributed by atoms with Gasteiger partial charge in [0, 0.05) is 41.0 Å². The molecule has 8 heteroatoms. The first kappa shape index (κ1) is 26.0. The summed E-state index contributed by atoms with van der Waals surface area (Å²) in [5, 5.41) is 11.6. The molecule has 0 saturated heterocycles. The molecule has 5 aromatic rings. The predicted molar refractivity (Wildman–Crippen MR) is 127 cm³/mol. The standard InChI is InChI=1S/C29H23N2O.ClHO4/c32-30-18-16-23(17-19-30)22-31-28(25-12-6-2-7-13-25)20-27(24-10-4-1-5-11-24)21-29(31)26-14-8-3-9-15-26;2-1(3,4)5/h1-21H,22H2;(H,2,3,4,5)/q+1;/p-1. The van der Waals surface area contributed by atoms with Crippen LogP contribution in [0, 0.1) is 15.5 Å². The molecule has 186 valence electrons. The molecule has 3 aromatic carbocycles. The first-order chi connectivity index (χ1) is 17.8. The van der Waals surface area contributed by atoms with E-state index >= 15 is 0 Å². The van der Waals surface area contributed by atoms with Gasteiger partial charge in [0.05, 0.1) is 0 Å². The van der Waals surface area contributed by atoms with Crippen molar-refractivity contribution in [2.45, 2.75) is 6.54 Å². The molecule has 37 heavy (non-hydrogen) atoms. The Hall–Kier alpha value is -4.11. The molecule has 5 rings (SSSR count). The van der Waals surface area contributed by atoms with Gasteiger partial charge in [-0.2, -0.15) is 9.30 Å². The van der Waals surface area contributed by atoms with Crippen LogP contribution in [-0.4, -0.2) is 0 Å². The molecule has 0 aliphatic heterocycles. The van der Waals surface area contributed by atoms with Crippen LogP contribution in [0.25, 0.3) is 33.6 Å². The Bertz CT molecular complexity index is 1360. The maximum Gasteiger partial charge on any atom is 0.213 e. The van der Waals surface area contributed by atoms with Crippen molar-refractivity contribution in [1.29, 1.82) is 0 Å². The van der Waals surface area contributed by atoms with Gasteiger partial charge in [0.2, 0.25) is 11.4 Å². The highest BCUT2D eigenvalue weighted by Crippen LogP contribution is 2.29. The molecule has 0 fully saturated rings. The number of rotatable bonds is 5. The van der Waals surface area contributed by atoms with Crippen LogP contribution in [0.15, 0.2) is 128 Å². The molecule has 0 radical (unpaired) electrons. The molecule has 0 N–H and O–H groups in total. The Morgan fingerprint density at radius 3 is 1.30 bits per heavy atom. The minimum Gasteiger partial charge on any atom is -0.619 e. The van der Waals surface area contributed by atoms with Crippen LogP contribution >= 0.6 is 0 Å². The minimum absolute atomic E-state index is 0.657. The molecule has 0 unspecified atom stereocenters. The van der Waals surface area contributed by atoms with Gasteiger partial charge in [-0.1, -0.05) is 66.7 Å². The van der Waals surface area contributed by atoms with Crippen LogP contribution in [0.1, 0.15) is 5.56 Å². The van der Waals surface area contributed by atoms with Crippen LogP contribution in [0.2, 0.25) is 0 Å². The highest BCUT2D eigenvalue weighted by atomic mass is 35.7. The molecule has 2 heterocycles. The van der Waals surface area contributed by atoms with E-state index in [9.17, 15) is 5.21 Å². The zero-order chi connectivity index (χ0) is 26.3. The largest absolute Gasteiger partial charge is 0.619 e. The highest BCUT2D eigenvalue weighted by Gasteiger charge is 2.23. The van der Waals surface area contributed by atoms with Gasteiger partial charge in [-0.25, -0.2) is 18.6 Å².